The van der Waals surface area contributed by atoms with Crippen LogP contribution in [0.3, 0.4) is 0 Å². The largest absolute Gasteiger partial charge is 0.494 e. The van der Waals surface area contributed by atoms with Crippen molar-refractivity contribution in [2.24, 2.45) is 0 Å². The number of carbonyl (C=O) groups is 1. The number of hydrogen-bond donors (Lipinski definition) is 1. The lowest BCUT2D eigenvalue weighted by molar-refractivity contribution is 0.0254. The molecule has 3 aromatic heterocycles. The van der Waals surface area contributed by atoms with E-state index in [2.05, 4.69) is 16.0 Å². The molecule has 212 valence electrons. The Morgan fingerprint density at radius 3 is 2.59 bits per heavy atom. The Morgan fingerprint density at radius 2 is 1.88 bits per heavy atom. The summed E-state index contributed by atoms with van der Waals surface area (Å²) in [5.41, 5.74) is 3.38. The number of hydrogen-bond acceptors (Lipinski definition) is 10. The molecule has 4 heterocycles. The summed E-state index contributed by atoms with van der Waals surface area (Å²) in [5, 5.41) is 19.1. The molecular weight excluding hydrogens is 528 g/mol. The summed E-state index contributed by atoms with van der Waals surface area (Å²) in [7, 11) is 4.62. The zero-order valence-electron chi connectivity index (χ0n) is 23.0. The normalized spacial score (nSPS) is 13.5. The number of fused-ring (bicyclic) bond motifs is 1. The highest BCUT2D eigenvalue weighted by molar-refractivity contribution is 5.97. The first-order valence-electron chi connectivity index (χ1n) is 13.1. The van der Waals surface area contributed by atoms with Gasteiger partial charge in [0.2, 0.25) is 0 Å². The number of pyridine rings is 2. The first-order valence-corrected chi connectivity index (χ1v) is 13.1. The monoisotopic (exact) mass is 558 g/mol. The number of rotatable bonds is 9. The van der Waals surface area contributed by atoms with Crippen LogP contribution in [0.4, 0.5) is 0 Å². The number of benzene rings is 1. The quantitative estimate of drug-likeness (QED) is 0.320. The number of aliphatic hydroxyl groups excluding tert-OH is 1. The van der Waals surface area contributed by atoms with E-state index in [4.69, 9.17) is 28.5 Å². The highest BCUT2D eigenvalue weighted by Gasteiger charge is 2.23. The van der Waals surface area contributed by atoms with E-state index in [0.717, 1.165) is 12.8 Å². The maximum Gasteiger partial charge on any atom is 0.255 e. The van der Waals surface area contributed by atoms with Crippen molar-refractivity contribution in [3.05, 3.63) is 53.9 Å². The number of ether oxygens (including phenoxy) is 4. The number of nitrogens with zero attached hydrogens (tertiary/aromatic N) is 4. The summed E-state index contributed by atoms with van der Waals surface area (Å²) in [6.45, 7) is 1.32. The van der Waals surface area contributed by atoms with Crippen molar-refractivity contribution in [1.82, 2.24) is 14.9 Å². The van der Waals surface area contributed by atoms with Crippen LogP contribution < -0.4 is 14.2 Å². The van der Waals surface area contributed by atoms with Crippen molar-refractivity contribution in [2.75, 3.05) is 47.6 Å². The zero-order chi connectivity index (χ0) is 28.9. The van der Waals surface area contributed by atoms with Crippen molar-refractivity contribution < 1.29 is 33.3 Å². The summed E-state index contributed by atoms with van der Waals surface area (Å²) in [4.78, 5) is 23.0. The van der Waals surface area contributed by atoms with Gasteiger partial charge >= 0.3 is 0 Å². The van der Waals surface area contributed by atoms with Gasteiger partial charge in [-0.2, -0.15) is 5.26 Å². The van der Waals surface area contributed by atoms with E-state index in [9.17, 15) is 10.1 Å². The van der Waals surface area contributed by atoms with Gasteiger partial charge in [-0.25, -0.2) is 9.97 Å². The van der Waals surface area contributed by atoms with Gasteiger partial charge in [-0.05, 0) is 23.8 Å². The molecular formula is C30H30N4O7. The average Bonchev–Trinajstić information content (AvgIpc) is 3.45. The second-order valence-electron chi connectivity index (χ2n) is 9.50. The third-order valence-electron chi connectivity index (χ3n) is 6.91. The number of methoxy groups -OCH3 is 2. The molecule has 1 fully saturated rings. The Morgan fingerprint density at radius 1 is 1.10 bits per heavy atom. The molecule has 11 nitrogen and oxygen atoms in total. The second-order valence-corrected chi connectivity index (χ2v) is 9.50. The van der Waals surface area contributed by atoms with Gasteiger partial charge in [-0.3, -0.25) is 4.79 Å². The molecule has 1 N–H and O–H groups in total. The van der Waals surface area contributed by atoms with Gasteiger partial charge < -0.3 is 33.4 Å². The molecule has 0 aliphatic carbocycles. The summed E-state index contributed by atoms with van der Waals surface area (Å²) >= 11 is 0. The van der Waals surface area contributed by atoms with E-state index in [0.29, 0.717) is 75.3 Å². The molecule has 5 rings (SSSR count). The van der Waals surface area contributed by atoms with Crippen LogP contribution in [0.5, 0.6) is 17.2 Å². The molecule has 0 bridgehead atoms. The number of aromatic nitrogens is 2. The van der Waals surface area contributed by atoms with Crippen molar-refractivity contribution >= 4 is 17.0 Å². The van der Waals surface area contributed by atoms with E-state index >= 15 is 0 Å². The van der Waals surface area contributed by atoms with E-state index in [1.807, 2.05) is 6.07 Å². The minimum atomic E-state index is -0.299. The van der Waals surface area contributed by atoms with Crippen molar-refractivity contribution in [1.29, 1.82) is 5.26 Å². The lowest BCUT2D eigenvalue weighted by atomic mass is 10.0. The van der Waals surface area contributed by atoms with E-state index in [1.54, 1.807) is 37.5 Å². The van der Waals surface area contributed by atoms with Gasteiger partial charge in [0.1, 0.15) is 40.6 Å². The number of amides is 1. The van der Waals surface area contributed by atoms with Gasteiger partial charge in [-0.15, -0.1) is 0 Å². The lowest BCUT2D eigenvalue weighted by Gasteiger charge is -2.24. The summed E-state index contributed by atoms with van der Waals surface area (Å²) in [5.74, 6) is 1.39. The van der Waals surface area contributed by atoms with E-state index < -0.39 is 0 Å². The topological polar surface area (TPSA) is 140 Å². The average molecular weight is 559 g/mol. The highest BCUT2D eigenvalue weighted by Crippen LogP contribution is 2.41. The minimum Gasteiger partial charge on any atom is -0.494 e. The molecule has 0 spiro atoms. The van der Waals surface area contributed by atoms with Crippen LogP contribution in [-0.4, -0.2) is 79.6 Å². The molecule has 1 aliphatic rings. The standard InChI is InChI=1S/C30H30N4O7/c1-34(8-9-35)30(36)20-13-24(37-2)28(33-16-20)25-14-22-29(41-25)27(26(38-3)17-32-22)18-4-5-23(19(12-18)15-31)40-21-6-10-39-11-7-21/h4-5,12-14,16-17,21,35H,6-11H2,1-3H3. The molecule has 0 radical (unpaired) electrons. The first kappa shape index (κ1) is 27.9. The van der Waals surface area contributed by atoms with Crippen LogP contribution in [0.25, 0.3) is 33.7 Å². The number of aliphatic hydroxyl groups is 1. The fourth-order valence-corrected chi connectivity index (χ4v) is 4.73. The van der Waals surface area contributed by atoms with Crippen LogP contribution >= 0.6 is 0 Å². The molecule has 0 unspecified atom stereocenters. The fourth-order valence-electron chi connectivity index (χ4n) is 4.73. The van der Waals surface area contributed by atoms with Crippen LogP contribution in [-0.2, 0) is 4.74 Å². The van der Waals surface area contributed by atoms with E-state index in [1.165, 1.54) is 25.3 Å². The fraction of sp³-hybridized carbons (Fsp3) is 0.333. The van der Waals surface area contributed by atoms with Crippen LogP contribution in [0, 0.1) is 11.3 Å². The maximum atomic E-state index is 12.7. The molecule has 0 atom stereocenters. The van der Waals surface area contributed by atoms with Crippen molar-refractivity contribution in [3.8, 4) is 45.9 Å². The van der Waals surface area contributed by atoms with Crippen LogP contribution in [0.1, 0.15) is 28.8 Å². The van der Waals surface area contributed by atoms with Gasteiger partial charge in [0, 0.05) is 38.7 Å². The third kappa shape index (κ3) is 5.66. The molecule has 1 amide bonds. The molecule has 11 heteroatoms. The molecule has 41 heavy (non-hydrogen) atoms. The number of furan rings is 1. The summed E-state index contributed by atoms with van der Waals surface area (Å²) in [6, 6.07) is 10.9. The van der Waals surface area contributed by atoms with Gasteiger partial charge in [0.05, 0.1) is 56.9 Å². The Labute approximate surface area is 236 Å². The molecule has 1 aliphatic heterocycles. The number of carbonyl (C=O) groups excluding carboxylic acids is 1. The Hall–Kier alpha value is -4.66. The maximum absolute atomic E-state index is 12.7. The van der Waals surface area contributed by atoms with E-state index in [-0.39, 0.29) is 25.2 Å². The van der Waals surface area contributed by atoms with Crippen LogP contribution in [0.15, 0.2) is 47.1 Å². The van der Waals surface area contributed by atoms with Gasteiger partial charge in [-0.1, -0.05) is 6.07 Å². The summed E-state index contributed by atoms with van der Waals surface area (Å²) < 4.78 is 29.0. The predicted molar refractivity (Wildman–Crippen MR) is 149 cm³/mol. The Balaban J connectivity index is 1.54. The highest BCUT2D eigenvalue weighted by atomic mass is 16.5. The summed E-state index contributed by atoms with van der Waals surface area (Å²) in [6.07, 6.45) is 4.57. The van der Waals surface area contributed by atoms with Crippen molar-refractivity contribution in [3.63, 3.8) is 0 Å². The zero-order valence-corrected chi connectivity index (χ0v) is 23.0. The second kappa shape index (κ2) is 12.2. The molecule has 4 aromatic rings. The molecule has 1 aromatic carbocycles. The first-order chi connectivity index (χ1) is 20.0. The molecule has 1 saturated heterocycles. The smallest absolute Gasteiger partial charge is 0.255 e. The van der Waals surface area contributed by atoms with Gasteiger partial charge in [0.25, 0.3) is 5.91 Å². The van der Waals surface area contributed by atoms with Crippen LogP contribution in [0.2, 0.25) is 0 Å². The Kier molecular flexibility index (Phi) is 8.33. The lowest BCUT2D eigenvalue weighted by Crippen LogP contribution is -2.29. The predicted octanol–water partition coefficient (Wildman–Crippen LogP) is 4.07. The van der Waals surface area contributed by atoms with Gasteiger partial charge in [0.15, 0.2) is 11.3 Å². The number of likely N-dealkylation sites (N-methyl/N-ethyl adjacent to an activating group) is 1. The SMILES string of the molecule is COc1cc(C(=O)N(C)CCO)cnc1-c1cc2ncc(OC)c(-c3ccc(OC4CCOCC4)c(C#N)c3)c2o1. The van der Waals surface area contributed by atoms with Crippen molar-refractivity contribution in [2.45, 2.75) is 18.9 Å². The molecule has 0 saturated carbocycles. The minimum absolute atomic E-state index is 0.00394. The number of nitriles is 1. The Bertz CT molecular complexity index is 1600. The third-order valence-corrected chi connectivity index (χ3v) is 6.91.